The number of nitrogen functional groups attached to an aromatic ring is 2. The van der Waals surface area contributed by atoms with Crippen LogP contribution in [0.3, 0.4) is 0 Å². The molecule has 0 unspecified atom stereocenters. The van der Waals surface area contributed by atoms with Crippen LogP contribution in [0.4, 0.5) is 16.7 Å². The average molecular weight is 359 g/mol. The summed E-state index contributed by atoms with van der Waals surface area (Å²) in [7, 11) is 2.08. The van der Waals surface area contributed by atoms with Crippen molar-refractivity contribution in [2.75, 3.05) is 45.9 Å². The molecule has 1 aromatic rings. The molecule has 1 rings (SSSR count). The Morgan fingerprint density at radius 1 is 1.00 bits per heavy atom. The minimum atomic E-state index is -2.59. The summed E-state index contributed by atoms with van der Waals surface area (Å²) in [6.07, 6.45) is 1.08. The first-order valence-corrected chi connectivity index (χ1v) is 9.31. The molecule has 1 heterocycles. The fourth-order valence-corrected chi connectivity index (χ4v) is 3.70. The third-order valence-corrected chi connectivity index (χ3v) is 6.06. The van der Waals surface area contributed by atoms with Crippen molar-refractivity contribution in [3.05, 3.63) is 5.82 Å². The number of hydrogen-bond donors (Lipinski definition) is 4. The second-order valence-electron chi connectivity index (χ2n) is 4.80. The topological polar surface area (TPSA) is 160 Å². The van der Waals surface area contributed by atoms with E-state index in [1.807, 2.05) is 0 Å². The third-order valence-electron chi connectivity index (χ3n) is 3.23. The van der Waals surface area contributed by atoms with Gasteiger partial charge in [0.1, 0.15) is 5.82 Å². The van der Waals surface area contributed by atoms with Crippen molar-refractivity contribution in [1.82, 2.24) is 25.6 Å². The van der Waals surface area contributed by atoms with Gasteiger partial charge in [-0.15, -0.1) is 0 Å². The van der Waals surface area contributed by atoms with Gasteiger partial charge >= 0.3 is 14.8 Å². The number of carbonyl (C=O) groups is 1. The second-order valence-corrected chi connectivity index (χ2v) is 7.89. The van der Waals surface area contributed by atoms with Gasteiger partial charge in [-0.2, -0.15) is 15.0 Å². The summed E-state index contributed by atoms with van der Waals surface area (Å²) in [5.74, 6) is 0.546. The highest BCUT2D eigenvalue weighted by molar-refractivity contribution is 6.60. The summed E-state index contributed by atoms with van der Waals surface area (Å²) >= 11 is 0. The van der Waals surface area contributed by atoms with Gasteiger partial charge in [-0.25, -0.2) is 4.79 Å². The van der Waals surface area contributed by atoms with Crippen LogP contribution >= 0.6 is 0 Å². The monoisotopic (exact) mass is 359 g/mol. The van der Waals surface area contributed by atoms with Gasteiger partial charge < -0.3 is 35.4 Å². The first-order valence-electron chi connectivity index (χ1n) is 7.37. The molecule has 0 aromatic carbocycles. The summed E-state index contributed by atoms with van der Waals surface area (Å²) < 4.78 is 15.9. The fourth-order valence-electron chi connectivity index (χ4n) is 1.98. The summed E-state index contributed by atoms with van der Waals surface area (Å²) in [5.41, 5.74) is 10.9. The molecular weight excluding hydrogens is 334 g/mol. The van der Waals surface area contributed by atoms with Crippen molar-refractivity contribution in [3.8, 4) is 0 Å². The number of urea groups is 1. The van der Waals surface area contributed by atoms with E-state index in [9.17, 15) is 4.79 Å². The molecule has 0 aliphatic heterocycles. The maximum Gasteiger partial charge on any atom is 0.500 e. The first kappa shape index (κ1) is 20.0. The summed E-state index contributed by atoms with van der Waals surface area (Å²) in [4.78, 5) is 23.2. The van der Waals surface area contributed by atoms with E-state index in [0.717, 1.165) is 0 Å². The van der Waals surface area contributed by atoms with Gasteiger partial charge in [0.2, 0.25) is 11.9 Å². The maximum absolute atomic E-state index is 11.7. The molecule has 11 nitrogen and oxygen atoms in total. The average Bonchev–Trinajstić information content (AvgIpc) is 2.55. The number of nitrogens with one attached hydrogen (secondary N) is 2. The zero-order valence-corrected chi connectivity index (χ0v) is 15.2. The van der Waals surface area contributed by atoms with Crippen molar-refractivity contribution in [1.29, 1.82) is 0 Å². The van der Waals surface area contributed by atoms with Crippen LogP contribution < -0.4 is 22.1 Å². The number of aromatic nitrogens is 3. The van der Waals surface area contributed by atoms with Crippen LogP contribution in [-0.4, -0.2) is 64.2 Å². The van der Waals surface area contributed by atoms with Gasteiger partial charge in [0.05, 0.1) is 0 Å². The van der Waals surface area contributed by atoms with Gasteiger partial charge in [0.15, 0.2) is 0 Å². The SMILES string of the molecule is CO[Si](CCCNC(=O)NCCc1nc(N)nc(N)n1)(OC)OC. The molecule has 24 heavy (non-hydrogen) atoms. The smallest absolute Gasteiger partial charge is 0.377 e. The number of nitrogens with two attached hydrogens (primary N) is 2. The predicted octanol–water partition coefficient (Wildman–Crippen LogP) is -0.854. The Hall–Kier alpha value is -2.02. The highest BCUT2D eigenvalue weighted by Crippen LogP contribution is 2.14. The summed E-state index contributed by atoms with van der Waals surface area (Å²) in [6, 6.07) is 0.324. The Morgan fingerprint density at radius 2 is 1.54 bits per heavy atom. The zero-order chi connectivity index (χ0) is 18.0. The van der Waals surface area contributed by atoms with Crippen molar-refractivity contribution in [2.45, 2.75) is 18.9 Å². The van der Waals surface area contributed by atoms with Crippen LogP contribution in [0.2, 0.25) is 6.04 Å². The number of carbonyl (C=O) groups excluding carboxylic acids is 1. The lowest BCUT2D eigenvalue weighted by Crippen LogP contribution is -2.44. The second kappa shape index (κ2) is 9.97. The van der Waals surface area contributed by atoms with Gasteiger partial charge in [-0.1, -0.05) is 0 Å². The molecule has 1 aromatic heterocycles. The Bertz CT molecular complexity index is 502. The standard InChI is InChI=1S/C12H25N7O4Si/c1-21-24(22-2,23-3)8-4-6-15-12(20)16-7-5-9-17-10(13)19-11(14)18-9/h4-8H2,1-3H3,(H2,15,16,20)(H4,13,14,17,18,19). The van der Waals surface area contributed by atoms with E-state index in [0.29, 0.717) is 37.8 Å². The predicted molar refractivity (Wildman–Crippen MR) is 90.0 cm³/mol. The summed E-state index contributed by atoms with van der Waals surface area (Å²) in [5, 5.41) is 5.43. The van der Waals surface area contributed by atoms with Crippen LogP contribution in [0.5, 0.6) is 0 Å². The molecule has 0 atom stereocenters. The van der Waals surface area contributed by atoms with Crippen molar-refractivity contribution >= 4 is 26.7 Å². The van der Waals surface area contributed by atoms with Gasteiger partial charge in [-0.3, -0.25) is 0 Å². The first-order chi connectivity index (χ1) is 11.4. The molecule has 12 heteroatoms. The van der Waals surface area contributed by atoms with Crippen LogP contribution in [0, 0.1) is 0 Å². The minimum Gasteiger partial charge on any atom is -0.377 e. The minimum absolute atomic E-state index is 0.0593. The lowest BCUT2D eigenvalue weighted by molar-refractivity contribution is 0.123. The Labute approximate surface area is 141 Å². The molecule has 136 valence electrons. The molecule has 0 fully saturated rings. The normalized spacial score (nSPS) is 11.3. The van der Waals surface area contributed by atoms with Gasteiger partial charge in [0.25, 0.3) is 0 Å². The Kier molecular flexibility index (Phi) is 8.32. The quantitative estimate of drug-likeness (QED) is 0.308. The van der Waals surface area contributed by atoms with E-state index in [1.54, 1.807) is 21.3 Å². The maximum atomic E-state index is 11.7. The van der Waals surface area contributed by atoms with E-state index in [4.69, 9.17) is 24.7 Å². The Balaban J connectivity index is 2.22. The largest absolute Gasteiger partial charge is 0.500 e. The fraction of sp³-hybridized carbons (Fsp3) is 0.667. The number of anilines is 2. The molecule has 0 aliphatic rings. The van der Waals surface area contributed by atoms with E-state index >= 15 is 0 Å². The number of hydrogen-bond acceptors (Lipinski definition) is 9. The van der Waals surface area contributed by atoms with Crippen molar-refractivity contribution in [3.63, 3.8) is 0 Å². The van der Waals surface area contributed by atoms with E-state index in [2.05, 4.69) is 25.6 Å². The van der Waals surface area contributed by atoms with E-state index < -0.39 is 8.80 Å². The van der Waals surface area contributed by atoms with Crippen LogP contribution in [0.25, 0.3) is 0 Å². The van der Waals surface area contributed by atoms with E-state index in [1.165, 1.54) is 0 Å². The molecule has 0 spiro atoms. The molecule has 6 N–H and O–H groups in total. The molecule has 0 saturated heterocycles. The molecule has 0 radical (unpaired) electrons. The van der Waals surface area contributed by atoms with Crippen LogP contribution in [0.15, 0.2) is 0 Å². The van der Waals surface area contributed by atoms with Crippen molar-refractivity contribution < 1.29 is 18.1 Å². The highest BCUT2D eigenvalue weighted by atomic mass is 28.4. The van der Waals surface area contributed by atoms with Crippen LogP contribution in [-0.2, 0) is 19.7 Å². The lowest BCUT2D eigenvalue weighted by Gasteiger charge is -2.24. The van der Waals surface area contributed by atoms with Crippen molar-refractivity contribution in [2.24, 2.45) is 0 Å². The molecule has 0 bridgehead atoms. The molecular formula is C12H25N7O4Si. The van der Waals surface area contributed by atoms with Crippen LogP contribution in [0.1, 0.15) is 12.2 Å². The molecule has 2 amide bonds. The number of rotatable bonds is 10. The van der Waals surface area contributed by atoms with Gasteiger partial charge in [-0.05, 0) is 6.42 Å². The number of nitrogens with zero attached hydrogens (tertiary/aromatic N) is 3. The van der Waals surface area contributed by atoms with Gasteiger partial charge in [0, 0.05) is 46.9 Å². The Morgan fingerprint density at radius 3 is 2.08 bits per heavy atom. The number of amides is 2. The molecule has 0 saturated carbocycles. The highest BCUT2D eigenvalue weighted by Gasteiger charge is 2.36. The third kappa shape index (κ3) is 6.62. The van der Waals surface area contributed by atoms with E-state index in [-0.39, 0.29) is 17.9 Å². The lowest BCUT2D eigenvalue weighted by atomic mass is 10.4. The molecule has 0 aliphatic carbocycles. The zero-order valence-electron chi connectivity index (χ0n) is 14.2. The summed E-state index contributed by atoms with van der Waals surface area (Å²) in [6.45, 7) is 0.823.